The molecule has 1 fully saturated rings. The molecule has 1 heterocycles. The Morgan fingerprint density at radius 3 is 2.71 bits per heavy atom. The Hall–Kier alpha value is -2.04. The summed E-state index contributed by atoms with van der Waals surface area (Å²) in [7, 11) is 1.64. The SMILES string of the molecule is CCCCCN1CC(C(=O)NCCc2ccc(OC)cc2)CC1=O. The molecule has 1 atom stereocenters. The minimum atomic E-state index is -0.199. The number of benzene rings is 1. The van der Waals surface area contributed by atoms with Crippen molar-refractivity contribution in [1.82, 2.24) is 10.2 Å². The van der Waals surface area contributed by atoms with Crippen LogP contribution in [0.4, 0.5) is 0 Å². The van der Waals surface area contributed by atoms with Gasteiger partial charge < -0.3 is 15.0 Å². The van der Waals surface area contributed by atoms with Gasteiger partial charge >= 0.3 is 0 Å². The number of nitrogens with zero attached hydrogens (tertiary/aromatic N) is 1. The monoisotopic (exact) mass is 332 g/mol. The summed E-state index contributed by atoms with van der Waals surface area (Å²) in [4.78, 5) is 26.1. The van der Waals surface area contributed by atoms with Crippen molar-refractivity contribution in [3.63, 3.8) is 0 Å². The average Bonchev–Trinajstić information content (AvgIpc) is 2.97. The molecule has 0 aliphatic carbocycles. The Labute approximate surface area is 144 Å². The van der Waals surface area contributed by atoms with Crippen molar-refractivity contribution in [2.24, 2.45) is 5.92 Å². The average molecular weight is 332 g/mol. The second-order valence-electron chi connectivity index (χ2n) is 6.34. The summed E-state index contributed by atoms with van der Waals surface area (Å²) in [6, 6.07) is 7.83. The van der Waals surface area contributed by atoms with Crippen LogP contribution in [0, 0.1) is 5.92 Å². The molecular weight excluding hydrogens is 304 g/mol. The lowest BCUT2D eigenvalue weighted by Gasteiger charge is -2.16. The number of ether oxygens (including phenoxy) is 1. The third-order valence-electron chi connectivity index (χ3n) is 4.49. The van der Waals surface area contributed by atoms with E-state index in [9.17, 15) is 9.59 Å². The Kier molecular flexibility index (Phi) is 7.09. The third-order valence-corrected chi connectivity index (χ3v) is 4.49. The maximum Gasteiger partial charge on any atom is 0.225 e. The first-order chi connectivity index (χ1) is 11.6. The first-order valence-corrected chi connectivity index (χ1v) is 8.82. The Morgan fingerprint density at radius 1 is 1.29 bits per heavy atom. The minimum absolute atomic E-state index is 0.00477. The summed E-state index contributed by atoms with van der Waals surface area (Å²) in [6.45, 7) is 4.08. The number of rotatable bonds is 9. The lowest BCUT2D eigenvalue weighted by molar-refractivity contribution is -0.129. The van der Waals surface area contributed by atoms with Gasteiger partial charge in [-0.25, -0.2) is 0 Å². The second kappa shape index (κ2) is 9.30. The summed E-state index contributed by atoms with van der Waals surface area (Å²) >= 11 is 0. The molecule has 2 rings (SSSR count). The van der Waals surface area contributed by atoms with E-state index in [1.54, 1.807) is 7.11 Å². The second-order valence-corrected chi connectivity index (χ2v) is 6.34. The van der Waals surface area contributed by atoms with Crippen LogP contribution in [0.25, 0.3) is 0 Å². The molecule has 1 aliphatic rings. The summed E-state index contributed by atoms with van der Waals surface area (Å²) in [5.41, 5.74) is 1.15. The molecule has 132 valence electrons. The van der Waals surface area contributed by atoms with Crippen LogP contribution in [0.2, 0.25) is 0 Å². The van der Waals surface area contributed by atoms with Crippen molar-refractivity contribution in [3.05, 3.63) is 29.8 Å². The van der Waals surface area contributed by atoms with Crippen LogP contribution in [-0.2, 0) is 16.0 Å². The Bertz CT molecular complexity index is 542. The van der Waals surface area contributed by atoms with Gasteiger partial charge in [-0.3, -0.25) is 9.59 Å². The Balaban J connectivity index is 1.71. The highest BCUT2D eigenvalue weighted by Crippen LogP contribution is 2.18. The van der Waals surface area contributed by atoms with E-state index in [4.69, 9.17) is 4.74 Å². The van der Waals surface area contributed by atoms with Crippen LogP contribution in [-0.4, -0.2) is 43.5 Å². The highest BCUT2D eigenvalue weighted by molar-refractivity contribution is 5.89. The first-order valence-electron chi connectivity index (χ1n) is 8.82. The van der Waals surface area contributed by atoms with E-state index in [0.717, 1.165) is 43.5 Å². The largest absolute Gasteiger partial charge is 0.497 e. The maximum absolute atomic E-state index is 12.2. The normalized spacial score (nSPS) is 17.2. The van der Waals surface area contributed by atoms with Crippen molar-refractivity contribution in [1.29, 1.82) is 0 Å². The summed E-state index contributed by atoms with van der Waals surface area (Å²) in [6.07, 6.45) is 4.41. The van der Waals surface area contributed by atoms with Gasteiger partial charge in [0.25, 0.3) is 0 Å². The number of hydrogen-bond acceptors (Lipinski definition) is 3. The lowest BCUT2D eigenvalue weighted by atomic mass is 10.1. The predicted octanol–water partition coefficient (Wildman–Crippen LogP) is 2.39. The first kappa shape index (κ1) is 18.3. The van der Waals surface area contributed by atoms with Crippen molar-refractivity contribution >= 4 is 11.8 Å². The minimum Gasteiger partial charge on any atom is -0.497 e. The molecule has 1 saturated heterocycles. The summed E-state index contributed by atoms with van der Waals surface area (Å²) < 4.78 is 5.13. The molecule has 0 saturated carbocycles. The number of carbonyl (C=O) groups is 2. The molecule has 5 heteroatoms. The standard InChI is InChI=1S/C19H28N2O3/c1-3-4-5-12-21-14-16(13-18(21)22)19(23)20-11-10-15-6-8-17(24-2)9-7-15/h6-9,16H,3-5,10-14H2,1-2H3,(H,20,23). The van der Waals surface area contributed by atoms with E-state index in [1.165, 1.54) is 0 Å². The van der Waals surface area contributed by atoms with E-state index in [2.05, 4.69) is 12.2 Å². The van der Waals surface area contributed by atoms with Crippen LogP contribution in [0.15, 0.2) is 24.3 Å². The van der Waals surface area contributed by atoms with E-state index < -0.39 is 0 Å². The van der Waals surface area contributed by atoms with Gasteiger partial charge in [0.05, 0.1) is 13.0 Å². The van der Waals surface area contributed by atoms with Gasteiger partial charge in [-0.1, -0.05) is 31.9 Å². The molecule has 24 heavy (non-hydrogen) atoms. The predicted molar refractivity (Wildman–Crippen MR) is 93.9 cm³/mol. The number of nitrogens with one attached hydrogen (secondary N) is 1. The zero-order chi connectivity index (χ0) is 17.4. The fraction of sp³-hybridized carbons (Fsp3) is 0.579. The molecule has 1 aromatic rings. The smallest absolute Gasteiger partial charge is 0.225 e. The third kappa shape index (κ3) is 5.25. The zero-order valence-corrected chi connectivity index (χ0v) is 14.7. The van der Waals surface area contributed by atoms with Crippen LogP contribution in [0.3, 0.4) is 0 Å². The molecule has 0 spiro atoms. The van der Waals surface area contributed by atoms with Gasteiger partial charge in [0.2, 0.25) is 11.8 Å². The number of hydrogen-bond donors (Lipinski definition) is 1. The molecule has 1 unspecified atom stereocenters. The number of unbranched alkanes of at least 4 members (excludes halogenated alkanes) is 2. The summed E-state index contributed by atoms with van der Waals surface area (Å²) in [5, 5.41) is 2.96. The highest BCUT2D eigenvalue weighted by atomic mass is 16.5. The van der Waals surface area contributed by atoms with Gasteiger partial charge in [-0.15, -0.1) is 0 Å². The molecule has 0 bridgehead atoms. The van der Waals surface area contributed by atoms with E-state index in [0.29, 0.717) is 19.5 Å². The molecule has 1 N–H and O–H groups in total. The van der Waals surface area contributed by atoms with Crippen LogP contribution >= 0.6 is 0 Å². The fourth-order valence-corrected chi connectivity index (χ4v) is 2.98. The number of amides is 2. The van der Waals surface area contributed by atoms with Crippen LogP contribution in [0.5, 0.6) is 5.75 Å². The molecule has 0 aromatic heterocycles. The van der Waals surface area contributed by atoms with Crippen molar-refractivity contribution in [2.45, 2.75) is 39.0 Å². The lowest BCUT2D eigenvalue weighted by Crippen LogP contribution is -2.34. The van der Waals surface area contributed by atoms with Gasteiger partial charge in [-0.05, 0) is 30.5 Å². The molecular formula is C19H28N2O3. The fourth-order valence-electron chi connectivity index (χ4n) is 2.98. The number of methoxy groups -OCH3 is 1. The van der Waals surface area contributed by atoms with Gasteiger partial charge in [0.1, 0.15) is 5.75 Å². The van der Waals surface area contributed by atoms with Crippen LogP contribution < -0.4 is 10.1 Å². The van der Waals surface area contributed by atoms with Gasteiger partial charge in [0, 0.05) is 26.1 Å². The maximum atomic E-state index is 12.2. The van der Waals surface area contributed by atoms with Gasteiger partial charge in [0.15, 0.2) is 0 Å². The van der Waals surface area contributed by atoms with Gasteiger partial charge in [-0.2, -0.15) is 0 Å². The highest BCUT2D eigenvalue weighted by Gasteiger charge is 2.33. The Morgan fingerprint density at radius 2 is 2.04 bits per heavy atom. The van der Waals surface area contributed by atoms with Crippen molar-refractivity contribution in [2.75, 3.05) is 26.7 Å². The quantitative estimate of drug-likeness (QED) is 0.707. The van der Waals surface area contributed by atoms with E-state index in [-0.39, 0.29) is 17.7 Å². The van der Waals surface area contributed by atoms with Crippen LogP contribution in [0.1, 0.15) is 38.2 Å². The zero-order valence-electron chi connectivity index (χ0n) is 14.7. The van der Waals surface area contributed by atoms with E-state index >= 15 is 0 Å². The van der Waals surface area contributed by atoms with Crippen molar-refractivity contribution < 1.29 is 14.3 Å². The number of likely N-dealkylation sites (tertiary alicyclic amines) is 1. The molecule has 2 amide bonds. The molecule has 1 aliphatic heterocycles. The molecule has 1 aromatic carbocycles. The molecule has 0 radical (unpaired) electrons. The molecule has 5 nitrogen and oxygen atoms in total. The number of carbonyl (C=O) groups excluding carboxylic acids is 2. The van der Waals surface area contributed by atoms with Crippen molar-refractivity contribution in [3.8, 4) is 5.75 Å². The van der Waals surface area contributed by atoms with E-state index in [1.807, 2.05) is 29.2 Å². The topological polar surface area (TPSA) is 58.6 Å². The summed E-state index contributed by atoms with van der Waals surface area (Å²) in [5.74, 6) is 0.738.